The van der Waals surface area contributed by atoms with E-state index in [1.54, 1.807) is 24.3 Å². The van der Waals surface area contributed by atoms with Gasteiger partial charge in [-0.15, -0.1) is 0 Å². The third kappa shape index (κ3) is 2.08. The van der Waals surface area contributed by atoms with Crippen molar-refractivity contribution in [3.8, 4) is 11.5 Å². The maximum atomic E-state index is 12.9. The van der Waals surface area contributed by atoms with E-state index in [0.29, 0.717) is 17.6 Å². The van der Waals surface area contributed by atoms with E-state index >= 15 is 0 Å². The molecule has 26 heavy (non-hydrogen) atoms. The Balaban J connectivity index is 1.33. The second kappa shape index (κ2) is 5.43. The molecule has 134 valence electrons. The average Bonchev–Trinajstić information content (AvgIpc) is 3.43. The predicted octanol–water partition coefficient (Wildman–Crippen LogP) is 1.65. The highest BCUT2D eigenvalue weighted by Gasteiger charge is 2.67. The Morgan fingerprint density at radius 2 is 1.62 bits per heavy atom. The van der Waals surface area contributed by atoms with E-state index in [4.69, 9.17) is 9.47 Å². The number of methoxy groups -OCH3 is 1. The quantitative estimate of drug-likeness (QED) is 0.356. The molecule has 4 aliphatic carbocycles. The number of allylic oxidation sites excluding steroid dienone is 2. The van der Waals surface area contributed by atoms with Gasteiger partial charge in [0.25, 0.3) is 0 Å². The molecule has 6 nitrogen and oxygen atoms in total. The summed E-state index contributed by atoms with van der Waals surface area (Å²) in [6.07, 6.45) is 5.34. The van der Waals surface area contributed by atoms with Crippen molar-refractivity contribution in [2.24, 2.45) is 35.5 Å². The van der Waals surface area contributed by atoms with E-state index < -0.39 is 5.97 Å². The van der Waals surface area contributed by atoms with E-state index in [0.717, 1.165) is 11.3 Å². The van der Waals surface area contributed by atoms with Crippen molar-refractivity contribution >= 4 is 17.8 Å². The van der Waals surface area contributed by atoms with Crippen LogP contribution < -0.4 is 9.47 Å². The van der Waals surface area contributed by atoms with Gasteiger partial charge >= 0.3 is 5.97 Å². The molecule has 1 saturated heterocycles. The van der Waals surface area contributed by atoms with E-state index in [9.17, 15) is 14.4 Å². The number of hydrogen-bond acceptors (Lipinski definition) is 5. The fraction of sp³-hybridized carbons (Fsp3) is 0.450. The fourth-order valence-electron chi connectivity index (χ4n) is 5.16. The summed E-state index contributed by atoms with van der Waals surface area (Å²) in [6.45, 7) is -0.350. The maximum Gasteiger partial charge on any atom is 0.331 e. The number of nitrogens with zero attached hydrogens (tertiary/aromatic N) is 1. The average molecular weight is 353 g/mol. The third-order valence-electron chi connectivity index (χ3n) is 6.33. The van der Waals surface area contributed by atoms with Crippen LogP contribution in [-0.4, -0.2) is 36.3 Å². The molecule has 1 aromatic carbocycles. The molecular formula is C20H19NO5. The molecule has 0 radical (unpaired) electrons. The summed E-state index contributed by atoms with van der Waals surface area (Å²) in [5.74, 6) is 0.440. The number of amides is 2. The summed E-state index contributed by atoms with van der Waals surface area (Å²) < 4.78 is 10.5. The number of carbonyl (C=O) groups excluding carboxylic acids is 3. The minimum absolute atomic E-state index is 0.154. The highest BCUT2D eigenvalue weighted by Crippen LogP contribution is 2.65. The van der Waals surface area contributed by atoms with Gasteiger partial charge in [0.2, 0.25) is 11.8 Å². The molecule has 3 fully saturated rings. The van der Waals surface area contributed by atoms with Gasteiger partial charge in [-0.05, 0) is 42.2 Å². The number of esters is 1. The lowest BCUT2D eigenvalue weighted by molar-refractivity contribution is -0.148. The molecule has 6 atom stereocenters. The molecule has 2 amide bonds. The van der Waals surface area contributed by atoms with Crippen molar-refractivity contribution in [1.29, 1.82) is 0 Å². The van der Waals surface area contributed by atoms with Gasteiger partial charge in [-0.1, -0.05) is 24.3 Å². The first-order valence-electron chi connectivity index (χ1n) is 8.97. The van der Waals surface area contributed by atoms with Crippen LogP contribution in [0, 0.1) is 35.5 Å². The number of rotatable bonds is 4. The van der Waals surface area contributed by atoms with Gasteiger partial charge in [0.1, 0.15) is 6.54 Å². The SMILES string of the molecule is COc1ccccc1OC(=O)CN1C(=O)C2C3C=CC(C4CC34)C2C1=O. The summed E-state index contributed by atoms with van der Waals surface area (Å²) in [5.41, 5.74) is 0. The van der Waals surface area contributed by atoms with Crippen LogP contribution >= 0.6 is 0 Å². The molecule has 2 saturated carbocycles. The van der Waals surface area contributed by atoms with E-state index in [1.165, 1.54) is 7.11 Å². The molecule has 0 spiro atoms. The van der Waals surface area contributed by atoms with Crippen molar-refractivity contribution in [3.05, 3.63) is 36.4 Å². The molecule has 6 unspecified atom stereocenters. The number of likely N-dealkylation sites (tertiary alicyclic amines) is 1. The molecule has 1 aliphatic heterocycles. The lowest BCUT2D eigenvalue weighted by Gasteiger charge is -2.37. The zero-order valence-electron chi connectivity index (χ0n) is 14.3. The number of hydrogen-bond donors (Lipinski definition) is 0. The van der Waals surface area contributed by atoms with Gasteiger partial charge in [-0.3, -0.25) is 14.5 Å². The standard InChI is InChI=1S/C20H19NO5/c1-25-14-4-2-3-5-15(14)26-16(22)9-21-19(23)17-10-6-7-11(13-8-12(10)13)18(17)20(21)24/h2-7,10-13,17-18H,8-9H2,1H3. The van der Waals surface area contributed by atoms with Crippen LogP contribution in [0.25, 0.3) is 0 Å². The molecule has 1 heterocycles. The minimum Gasteiger partial charge on any atom is -0.493 e. The molecule has 5 aliphatic rings. The number of ether oxygens (including phenoxy) is 2. The lowest BCUT2D eigenvalue weighted by Crippen LogP contribution is -2.40. The van der Waals surface area contributed by atoms with Crippen LogP contribution in [0.5, 0.6) is 11.5 Å². The predicted molar refractivity (Wildman–Crippen MR) is 90.0 cm³/mol. The van der Waals surface area contributed by atoms with Crippen LogP contribution in [0.15, 0.2) is 36.4 Å². The van der Waals surface area contributed by atoms with Crippen LogP contribution in [0.4, 0.5) is 0 Å². The Morgan fingerprint density at radius 1 is 1.04 bits per heavy atom. The molecular weight excluding hydrogens is 334 g/mol. The summed E-state index contributed by atoms with van der Waals surface area (Å²) >= 11 is 0. The summed E-state index contributed by atoms with van der Waals surface area (Å²) in [4.78, 5) is 39.2. The second-order valence-electron chi connectivity index (χ2n) is 7.54. The van der Waals surface area contributed by atoms with Gasteiger partial charge in [0, 0.05) is 0 Å². The van der Waals surface area contributed by atoms with Crippen LogP contribution in [-0.2, 0) is 14.4 Å². The van der Waals surface area contributed by atoms with Crippen LogP contribution in [0.3, 0.4) is 0 Å². The summed E-state index contributed by atoms with van der Waals surface area (Å²) in [7, 11) is 1.49. The molecule has 6 rings (SSSR count). The lowest BCUT2D eigenvalue weighted by atomic mass is 9.63. The number of imide groups is 1. The van der Waals surface area contributed by atoms with Gasteiger partial charge in [-0.2, -0.15) is 0 Å². The number of para-hydroxylation sites is 2. The monoisotopic (exact) mass is 353 g/mol. The molecule has 6 heteroatoms. The van der Waals surface area contributed by atoms with Crippen molar-refractivity contribution in [1.82, 2.24) is 4.90 Å². The Morgan fingerprint density at radius 3 is 2.19 bits per heavy atom. The van der Waals surface area contributed by atoms with E-state index in [-0.39, 0.29) is 47.8 Å². The van der Waals surface area contributed by atoms with Crippen LogP contribution in [0.2, 0.25) is 0 Å². The first kappa shape index (κ1) is 15.6. The first-order chi connectivity index (χ1) is 12.6. The normalized spacial score (nSPS) is 36.0. The van der Waals surface area contributed by atoms with Crippen molar-refractivity contribution in [3.63, 3.8) is 0 Å². The largest absolute Gasteiger partial charge is 0.493 e. The Kier molecular flexibility index (Phi) is 3.26. The van der Waals surface area contributed by atoms with Gasteiger partial charge in [-0.25, -0.2) is 4.79 Å². The summed E-state index contributed by atoms with van der Waals surface area (Å²) in [6, 6.07) is 6.78. The molecule has 1 aromatic rings. The van der Waals surface area contributed by atoms with Gasteiger partial charge in [0.05, 0.1) is 18.9 Å². The second-order valence-corrected chi connectivity index (χ2v) is 7.54. The Labute approximate surface area is 150 Å². The Hall–Kier alpha value is -2.63. The van der Waals surface area contributed by atoms with Crippen molar-refractivity contribution in [2.75, 3.05) is 13.7 Å². The van der Waals surface area contributed by atoms with Gasteiger partial charge < -0.3 is 9.47 Å². The molecule has 0 N–H and O–H groups in total. The topological polar surface area (TPSA) is 72.9 Å². The zero-order valence-corrected chi connectivity index (χ0v) is 14.3. The molecule has 2 bridgehead atoms. The first-order valence-corrected chi connectivity index (χ1v) is 8.97. The van der Waals surface area contributed by atoms with Crippen molar-refractivity contribution < 1.29 is 23.9 Å². The smallest absolute Gasteiger partial charge is 0.331 e. The van der Waals surface area contributed by atoms with Crippen LogP contribution in [0.1, 0.15) is 6.42 Å². The summed E-state index contributed by atoms with van der Waals surface area (Å²) in [5, 5.41) is 0. The molecule has 0 aromatic heterocycles. The Bertz CT molecular complexity index is 810. The number of carbonyl (C=O) groups is 3. The minimum atomic E-state index is -0.639. The van der Waals surface area contributed by atoms with E-state index in [2.05, 4.69) is 12.2 Å². The van der Waals surface area contributed by atoms with Gasteiger partial charge in [0.15, 0.2) is 11.5 Å². The van der Waals surface area contributed by atoms with E-state index in [1.807, 2.05) is 0 Å². The fourth-order valence-corrected chi connectivity index (χ4v) is 5.16. The highest BCUT2D eigenvalue weighted by atomic mass is 16.6. The van der Waals surface area contributed by atoms with Crippen molar-refractivity contribution in [2.45, 2.75) is 6.42 Å². The zero-order chi connectivity index (χ0) is 18.0. The highest BCUT2D eigenvalue weighted by molar-refractivity contribution is 6.08. The number of benzene rings is 1. The maximum absolute atomic E-state index is 12.9. The third-order valence-corrected chi connectivity index (χ3v) is 6.33.